The Kier molecular flexibility index (Phi) is 17.2. The van der Waals surface area contributed by atoms with Gasteiger partial charge in [0.25, 0.3) is 0 Å². The second-order valence-corrected chi connectivity index (χ2v) is 11.2. The third kappa shape index (κ3) is 16.2. The van der Waals surface area contributed by atoms with Crippen LogP contribution in [0.3, 0.4) is 0 Å². The largest absolute Gasteiger partial charge is 0.480 e. The van der Waals surface area contributed by atoms with Crippen molar-refractivity contribution in [1.82, 2.24) is 10.6 Å². The van der Waals surface area contributed by atoms with Gasteiger partial charge >= 0.3 is 5.97 Å². The minimum absolute atomic E-state index is 0.00685. The van der Waals surface area contributed by atoms with Gasteiger partial charge < -0.3 is 15.7 Å². The van der Waals surface area contributed by atoms with Gasteiger partial charge in [0.1, 0.15) is 11.8 Å². The molecule has 0 saturated carbocycles. The fourth-order valence-corrected chi connectivity index (χ4v) is 4.14. The van der Waals surface area contributed by atoms with E-state index in [1.54, 1.807) is 0 Å². The van der Waals surface area contributed by atoms with E-state index in [0.29, 0.717) is 6.42 Å². The van der Waals surface area contributed by atoms with Crippen LogP contribution in [0.4, 0.5) is 0 Å². The minimum atomic E-state index is -1.08. The summed E-state index contributed by atoms with van der Waals surface area (Å²) in [6, 6.07) is -1.00. The zero-order valence-corrected chi connectivity index (χ0v) is 23.1. The van der Waals surface area contributed by atoms with Crippen molar-refractivity contribution >= 4 is 17.7 Å². The van der Waals surface area contributed by atoms with Gasteiger partial charge in [-0.05, 0) is 45.6 Å². The third-order valence-corrected chi connectivity index (χ3v) is 6.68. The highest BCUT2D eigenvalue weighted by atomic mass is 16.4. The van der Waals surface area contributed by atoms with Crippen LogP contribution >= 0.6 is 0 Å². The molecule has 0 fully saturated rings. The lowest BCUT2D eigenvalue weighted by Gasteiger charge is -2.31. The van der Waals surface area contributed by atoms with Crippen LogP contribution in [-0.2, 0) is 14.4 Å². The zero-order valence-electron chi connectivity index (χ0n) is 23.1. The number of hydrogen-bond acceptors (Lipinski definition) is 4. The van der Waals surface area contributed by atoms with Crippen LogP contribution in [0.25, 0.3) is 0 Å². The first-order valence-corrected chi connectivity index (χ1v) is 13.8. The van der Waals surface area contributed by atoms with Crippen molar-refractivity contribution in [2.45, 2.75) is 149 Å². The minimum Gasteiger partial charge on any atom is -0.480 e. The first-order chi connectivity index (χ1) is 15.9. The first kappa shape index (κ1) is 32.6. The number of amides is 1. The molecule has 0 spiro atoms. The van der Waals surface area contributed by atoms with E-state index in [1.807, 2.05) is 20.8 Å². The molecule has 0 aromatic rings. The van der Waals surface area contributed by atoms with Gasteiger partial charge in [0.05, 0.1) is 0 Å². The molecule has 6 nitrogen and oxygen atoms in total. The van der Waals surface area contributed by atoms with Gasteiger partial charge in [0.15, 0.2) is 0 Å². The van der Waals surface area contributed by atoms with Crippen molar-refractivity contribution in [1.29, 1.82) is 0 Å². The van der Waals surface area contributed by atoms with E-state index >= 15 is 0 Å². The lowest BCUT2D eigenvalue weighted by Crippen LogP contribution is -2.43. The molecule has 0 rings (SSSR count). The van der Waals surface area contributed by atoms with Crippen LogP contribution in [0, 0.1) is 5.41 Å². The van der Waals surface area contributed by atoms with E-state index in [1.165, 1.54) is 57.8 Å². The Balaban J connectivity index is 4.25. The van der Waals surface area contributed by atoms with E-state index in [0.717, 1.165) is 25.8 Å². The van der Waals surface area contributed by atoms with Gasteiger partial charge in [-0.15, -0.1) is 0 Å². The molecular formula is C28H54N2O4. The van der Waals surface area contributed by atoms with Crippen LogP contribution < -0.4 is 10.6 Å². The molecule has 0 bridgehead atoms. The summed E-state index contributed by atoms with van der Waals surface area (Å²) in [5.74, 6) is -1.32. The number of hydrogen-bond donors (Lipinski definition) is 3. The van der Waals surface area contributed by atoms with Crippen LogP contribution in [0.1, 0.15) is 138 Å². The summed E-state index contributed by atoms with van der Waals surface area (Å²) in [5, 5.41) is 15.8. The van der Waals surface area contributed by atoms with E-state index in [9.17, 15) is 19.5 Å². The van der Waals surface area contributed by atoms with E-state index in [-0.39, 0.29) is 30.1 Å². The van der Waals surface area contributed by atoms with Gasteiger partial charge in [-0.2, -0.15) is 0 Å². The second-order valence-electron chi connectivity index (χ2n) is 11.2. The van der Waals surface area contributed by atoms with Gasteiger partial charge in [-0.1, -0.05) is 86.0 Å². The highest BCUT2D eigenvalue weighted by molar-refractivity contribution is 5.86. The molecule has 0 aromatic heterocycles. The molecule has 0 heterocycles. The molecule has 2 atom stereocenters. The number of carbonyl (C=O) groups excluding carboxylic acids is 2. The molecule has 2 unspecified atom stereocenters. The Labute approximate surface area is 209 Å². The zero-order chi connectivity index (χ0) is 26.0. The highest BCUT2D eigenvalue weighted by Gasteiger charge is 2.26. The lowest BCUT2D eigenvalue weighted by atomic mass is 9.87. The number of ketones is 1. The van der Waals surface area contributed by atoms with Crippen LogP contribution in [0.5, 0.6) is 0 Å². The average molecular weight is 483 g/mol. The fourth-order valence-electron chi connectivity index (χ4n) is 4.14. The highest BCUT2D eigenvalue weighted by Crippen LogP contribution is 2.22. The van der Waals surface area contributed by atoms with Gasteiger partial charge in [0, 0.05) is 23.8 Å². The van der Waals surface area contributed by atoms with Gasteiger partial charge in [-0.25, -0.2) is 4.79 Å². The predicted octanol–water partition coefficient (Wildman–Crippen LogP) is 6.41. The maximum atomic E-state index is 12.2. The predicted molar refractivity (Wildman–Crippen MR) is 141 cm³/mol. The standard InChI is InChI=1S/C28H54N2O4/c1-7-9-11-12-15-21-28(6,20-10-8-2)29-22-16-13-14-17-25(32)30-23(26(33)34)18-19-24(31)27(3,4)5/h23,29H,7-22H2,1-6H3,(H,30,32)(H,33,34). The summed E-state index contributed by atoms with van der Waals surface area (Å²) >= 11 is 0. The molecule has 0 aliphatic carbocycles. The maximum Gasteiger partial charge on any atom is 0.326 e. The second kappa shape index (κ2) is 17.9. The molecule has 0 aliphatic heterocycles. The Morgan fingerprint density at radius 2 is 1.35 bits per heavy atom. The van der Waals surface area contributed by atoms with Crippen molar-refractivity contribution in [3.63, 3.8) is 0 Å². The summed E-state index contributed by atoms with van der Waals surface area (Å²) in [4.78, 5) is 35.8. The Hall–Kier alpha value is -1.43. The van der Waals surface area contributed by atoms with Crippen LogP contribution in [-0.4, -0.2) is 40.9 Å². The van der Waals surface area contributed by atoms with Crippen molar-refractivity contribution in [2.75, 3.05) is 6.54 Å². The Morgan fingerprint density at radius 1 is 0.765 bits per heavy atom. The fraction of sp³-hybridized carbons (Fsp3) is 0.893. The van der Waals surface area contributed by atoms with Crippen LogP contribution in [0.2, 0.25) is 0 Å². The first-order valence-electron chi connectivity index (χ1n) is 13.8. The quantitative estimate of drug-likeness (QED) is 0.164. The maximum absolute atomic E-state index is 12.2. The average Bonchev–Trinajstić information content (AvgIpc) is 2.76. The summed E-state index contributed by atoms with van der Waals surface area (Å²) in [6.45, 7) is 13.2. The number of Topliss-reactive ketones (excluding diaryl/α,β-unsaturated/α-hetero) is 1. The van der Waals surface area contributed by atoms with E-state index in [4.69, 9.17) is 0 Å². The number of nitrogens with one attached hydrogen (secondary N) is 2. The van der Waals surface area contributed by atoms with E-state index < -0.39 is 17.4 Å². The monoisotopic (exact) mass is 482 g/mol. The number of unbranched alkanes of at least 4 members (excludes halogenated alkanes) is 7. The van der Waals surface area contributed by atoms with Crippen molar-refractivity contribution in [2.24, 2.45) is 5.41 Å². The molecule has 200 valence electrons. The molecule has 6 heteroatoms. The Bertz CT molecular complexity index is 585. The summed E-state index contributed by atoms with van der Waals surface area (Å²) in [5.41, 5.74) is -0.304. The van der Waals surface area contributed by atoms with Crippen LogP contribution in [0.15, 0.2) is 0 Å². The molecule has 0 aromatic carbocycles. The summed E-state index contributed by atoms with van der Waals surface area (Å²) in [6.07, 6.45) is 14.7. The number of aliphatic carboxylic acids is 1. The number of carboxylic acids is 1. The Morgan fingerprint density at radius 3 is 1.94 bits per heavy atom. The molecule has 0 saturated heterocycles. The molecule has 3 N–H and O–H groups in total. The molecule has 0 radical (unpaired) electrons. The smallest absolute Gasteiger partial charge is 0.326 e. The van der Waals surface area contributed by atoms with Crippen molar-refractivity contribution in [3.8, 4) is 0 Å². The number of carbonyl (C=O) groups is 3. The number of rotatable bonds is 21. The molecule has 0 aliphatic rings. The van der Waals surface area contributed by atoms with Crippen molar-refractivity contribution < 1.29 is 19.5 Å². The molecule has 34 heavy (non-hydrogen) atoms. The van der Waals surface area contributed by atoms with Gasteiger partial charge in [-0.3, -0.25) is 9.59 Å². The van der Waals surface area contributed by atoms with E-state index in [2.05, 4.69) is 31.4 Å². The summed E-state index contributed by atoms with van der Waals surface area (Å²) in [7, 11) is 0. The molecule has 1 amide bonds. The van der Waals surface area contributed by atoms with Crippen molar-refractivity contribution in [3.05, 3.63) is 0 Å². The normalized spacial score (nSPS) is 14.4. The molecular weight excluding hydrogens is 428 g/mol. The van der Waals surface area contributed by atoms with Gasteiger partial charge in [0.2, 0.25) is 5.91 Å². The number of carboxylic acid groups (broad SMARTS) is 1. The SMILES string of the molecule is CCCCCCCC(C)(CCCC)NCCCCCC(=O)NC(CCC(=O)C(C)(C)C)C(=O)O. The third-order valence-electron chi connectivity index (χ3n) is 6.68. The topological polar surface area (TPSA) is 95.5 Å². The lowest BCUT2D eigenvalue weighted by molar-refractivity contribution is -0.142. The summed E-state index contributed by atoms with van der Waals surface area (Å²) < 4.78 is 0.